The number of rotatable bonds is 2. The quantitative estimate of drug-likeness (QED) is 0.760. The van der Waals surface area contributed by atoms with Gasteiger partial charge in [-0.25, -0.2) is 0 Å². The molecule has 114 valence electrons. The summed E-state index contributed by atoms with van der Waals surface area (Å²) in [6.07, 6.45) is 0.109. The first-order valence-corrected chi connectivity index (χ1v) is 7.63. The number of hydrogen-bond acceptors (Lipinski definition) is 3. The van der Waals surface area contributed by atoms with E-state index in [4.69, 9.17) is 11.6 Å². The van der Waals surface area contributed by atoms with Crippen molar-refractivity contribution in [3.8, 4) is 0 Å². The van der Waals surface area contributed by atoms with Crippen LogP contribution in [0.15, 0.2) is 54.6 Å². The van der Waals surface area contributed by atoms with Gasteiger partial charge in [0.05, 0.1) is 5.52 Å². The maximum atomic E-state index is 12.3. The van der Waals surface area contributed by atoms with Gasteiger partial charge in [0.2, 0.25) is 0 Å². The molecule has 1 aliphatic rings. The lowest BCUT2D eigenvalue weighted by molar-refractivity contribution is -0.133. The van der Waals surface area contributed by atoms with Gasteiger partial charge in [0.25, 0.3) is 5.91 Å². The van der Waals surface area contributed by atoms with Gasteiger partial charge in [0.1, 0.15) is 0 Å². The molecule has 23 heavy (non-hydrogen) atoms. The standard InChI is InChI=1S/C18H13ClN2O2/c19-12-6-8-14-16(9-12)21-17(22)18(14,23)10-13-7-5-11-3-1-2-4-15(11)20-13/h1-9,23H,10H2,(H,21,22). The second kappa shape index (κ2) is 5.05. The van der Waals surface area contributed by atoms with Crippen LogP contribution in [0.5, 0.6) is 0 Å². The third kappa shape index (κ3) is 2.27. The molecule has 2 aromatic carbocycles. The number of halogens is 1. The number of aromatic nitrogens is 1. The molecule has 0 aliphatic carbocycles. The first kappa shape index (κ1) is 14.2. The van der Waals surface area contributed by atoms with Gasteiger partial charge in [-0.2, -0.15) is 0 Å². The molecule has 0 saturated carbocycles. The van der Waals surface area contributed by atoms with Crippen molar-refractivity contribution in [3.05, 3.63) is 70.9 Å². The van der Waals surface area contributed by atoms with Crippen molar-refractivity contribution >= 4 is 34.1 Å². The summed E-state index contributed by atoms with van der Waals surface area (Å²) >= 11 is 5.94. The van der Waals surface area contributed by atoms with Crippen LogP contribution in [0.25, 0.3) is 10.9 Å². The summed E-state index contributed by atoms with van der Waals surface area (Å²) in [6.45, 7) is 0. The predicted molar refractivity (Wildman–Crippen MR) is 89.4 cm³/mol. The number of pyridine rings is 1. The van der Waals surface area contributed by atoms with Crippen LogP contribution in [0.1, 0.15) is 11.3 Å². The SMILES string of the molecule is O=C1Nc2cc(Cl)ccc2C1(O)Cc1ccc2ccccc2n1. The van der Waals surface area contributed by atoms with Crippen LogP contribution in [0.3, 0.4) is 0 Å². The van der Waals surface area contributed by atoms with E-state index in [1.165, 1.54) is 0 Å². The molecule has 1 atom stereocenters. The second-order valence-electron chi connectivity index (χ2n) is 5.68. The topological polar surface area (TPSA) is 62.2 Å². The van der Waals surface area contributed by atoms with Crippen LogP contribution in [0.4, 0.5) is 5.69 Å². The summed E-state index contributed by atoms with van der Waals surface area (Å²) < 4.78 is 0. The monoisotopic (exact) mass is 324 g/mol. The van der Waals surface area contributed by atoms with E-state index in [1.807, 2.05) is 36.4 Å². The summed E-state index contributed by atoms with van der Waals surface area (Å²) in [4.78, 5) is 16.8. The Labute approximate surface area is 137 Å². The average Bonchev–Trinajstić information content (AvgIpc) is 2.77. The summed E-state index contributed by atoms with van der Waals surface area (Å²) in [6, 6.07) is 16.5. The number of benzene rings is 2. The number of hydrogen-bond donors (Lipinski definition) is 2. The fourth-order valence-electron chi connectivity index (χ4n) is 2.97. The molecule has 4 nitrogen and oxygen atoms in total. The second-order valence-corrected chi connectivity index (χ2v) is 6.11. The normalized spacial score (nSPS) is 19.7. The van der Waals surface area contributed by atoms with Gasteiger partial charge in [-0.05, 0) is 24.3 Å². The van der Waals surface area contributed by atoms with Gasteiger partial charge in [-0.3, -0.25) is 9.78 Å². The number of anilines is 1. The van der Waals surface area contributed by atoms with Gasteiger partial charge >= 0.3 is 0 Å². The lowest BCUT2D eigenvalue weighted by Crippen LogP contribution is -2.36. The Morgan fingerprint density at radius 3 is 2.83 bits per heavy atom. The van der Waals surface area contributed by atoms with E-state index < -0.39 is 11.5 Å². The zero-order valence-electron chi connectivity index (χ0n) is 12.1. The van der Waals surface area contributed by atoms with E-state index in [0.29, 0.717) is 22.0 Å². The molecule has 0 fully saturated rings. The van der Waals surface area contributed by atoms with Crippen molar-refractivity contribution < 1.29 is 9.90 Å². The average molecular weight is 325 g/mol. The van der Waals surface area contributed by atoms with Crippen molar-refractivity contribution in [1.29, 1.82) is 0 Å². The van der Waals surface area contributed by atoms with Crippen LogP contribution in [-0.4, -0.2) is 16.0 Å². The molecule has 3 aromatic rings. The Bertz CT molecular complexity index is 941. The largest absolute Gasteiger partial charge is 0.375 e. The Morgan fingerprint density at radius 2 is 1.96 bits per heavy atom. The third-order valence-corrected chi connectivity index (χ3v) is 4.38. The Morgan fingerprint density at radius 1 is 1.13 bits per heavy atom. The number of para-hydroxylation sites is 1. The summed E-state index contributed by atoms with van der Waals surface area (Å²) in [5, 5.41) is 15.1. The van der Waals surface area contributed by atoms with E-state index in [-0.39, 0.29) is 6.42 Å². The van der Waals surface area contributed by atoms with Crippen LogP contribution >= 0.6 is 11.6 Å². The van der Waals surface area contributed by atoms with Gasteiger partial charge in [-0.15, -0.1) is 0 Å². The van der Waals surface area contributed by atoms with Crippen LogP contribution in [0, 0.1) is 0 Å². The van der Waals surface area contributed by atoms with Crippen molar-refractivity contribution in [2.75, 3.05) is 5.32 Å². The van der Waals surface area contributed by atoms with Crippen molar-refractivity contribution in [2.45, 2.75) is 12.0 Å². The highest BCUT2D eigenvalue weighted by Crippen LogP contribution is 2.39. The highest BCUT2D eigenvalue weighted by Gasteiger charge is 2.45. The molecule has 1 aliphatic heterocycles. The number of carbonyl (C=O) groups excluding carboxylic acids is 1. The highest BCUT2D eigenvalue weighted by molar-refractivity contribution is 6.31. The molecule has 0 spiro atoms. The summed E-state index contributed by atoms with van der Waals surface area (Å²) in [5.41, 5.74) is 0.940. The van der Waals surface area contributed by atoms with E-state index in [9.17, 15) is 9.90 Å². The van der Waals surface area contributed by atoms with E-state index in [0.717, 1.165) is 10.9 Å². The van der Waals surface area contributed by atoms with E-state index in [1.54, 1.807) is 18.2 Å². The highest BCUT2D eigenvalue weighted by atomic mass is 35.5. The number of aliphatic hydroxyl groups is 1. The first-order chi connectivity index (χ1) is 11.1. The van der Waals surface area contributed by atoms with E-state index >= 15 is 0 Å². The van der Waals surface area contributed by atoms with Crippen molar-refractivity contribution in [3.63, 3.8) is 0 Å². The smallest absolute Gasteiger partial charge is 0.261 e. The molecule has 1 amide bonds. The van der Waals surface area contributed by atoms with Gasteiger partial charge in [-0.1, -0.05) is 41.9 Å². The van der Waals surface area contributed by atoms with Gasteiger partial charge < -0.3 is 10.4 Å². The number of amides is 1. The molecule has 0 bridgehead atoms. The lowest BCUT2D eigenvalue weighted by atomic mass is 9.90. The third-order valence-electron chi connectivity index (χ3n) is 4.14. The van der Waals surface area contributed by atoms with Crippen LogP contribution in [-0.2, 0) is 16.8 Å². The molecule has 5 heteroatoms. The molecule has 0 saturated heterocycles. The zero-order chi connectivity index (χ0) is 16.0. The zero-order valence-corrected chi connectivity index (χ0v) is 12.8. The van der Waals surface area contributed by atoms with Crippen molar-refractivity contribution in [1.82, 2.24) is 4.98 Å². The van der Waals surface area contributed by atoms with E-state index in [2.05, 4.69) is 10.3 Å². The number of carbonyl (C=O) groups is 1. The molecular formula is C18H13ClN2O2. The Kier molecular flexibility index (Phi) is 3.11. The number of fused-ring (bicyclic) bond motifs is 2. The molecule has 1 aromatic heterocycles. The number of nitrogens with zero attached hydrogens (tertiary/aromatic N) is 1. The molecule has 4 rings (SSSR count). The minimum absolute atomic E-state index is 0.109. The fraction of sp³-hybridized carbons (Fsp3) is 0.111. The molecular weight excluding hydrogens is 312 g/mol. The Balaban J connectivity index is 1.76. The number of nitrogens with one attached hydrogen (secondary N) is 1. The predicted octanol–water partition coefficient (Wildman–Crippen LogP) is 3.27. The minimum Gasteiger partial charge on any atom is -0.375 e. The summed E-state index contributed by atoms with van der Waals surface area (Å²) in [7, 11) is 0. The molecule has 2 heterocycles. The van der Waals surface area contributed by atoms with Gasteiger partial charge in [0, 0.05) is 33.8 Å². The van der Waals surface area contributed by atoms with Crippen molar-refractivity contribution in [2.24, 2.45) is 0 Å². The maximum absolute atomic E-state index is 12.3. The van der Waals surface area contributed by atoms with Crippen LogP contribution < -0.4 is 5.32 Å². The van der Waals surface area contributed by atoms with Crippen LogP contribution in [0.2, 0.25) is 5.02 Å². The molecule has 1 unspecified atom stereocenters. The Hall–Kier alpha value is -2.43. The minimum atomic E-state index is -1.63. The molecule has 2 N–H and O–H groups in total. The lowest BCUT2D eigenvalue weighted by Gasteiger charge is -2.20. The fourth-order valence-corrected chi connectivity index (χ4v) is 3.14. The molecule has 0 radical (unpaired) electrons. The van der Waals surface area contributed by atoms with Gasteiger partial charge in [0.15, 0.2) is 5.60 Å². The summed E-state index contributed by atoms with van der Waals surface area (Å²) in [5.74, 6) is -0.454. The maximum Gasteiger partial charge on any atom is 0.261 e. The first-order valence-electron chi connectivity index (χ1n) is 7.25.